The van der Waals surface area contributed by atoms with E-state index in [4.69, 9.17) is 4.74 Å². The van der Waals surface area contributed by atoms with E-state index in [1.165, 1.54) is 19.3 Å². The Morgan fingerprint density at radius 2 is 1.80 bits per heavy atom. The summed E-state index contributed by atoms with van der Waals surface area (Å²) in [7, 11) is 1.63. The Morgan fingerprint density at radius 3 is 2.57 bits per heavy atom. The first kappa shape index (κ1) is 20.5. The van der Waals surface area contributed by atoms with Crippen LogP contribution in [-0.4, -0.2) is 34.4 Å². The Balaban J connectivity index is 1.59. The average molecular weight is 410 g/mol. The van der Waals surface area contributed by atoms with Crippen LogP contribution >= 0.6 is 0 Å². The van der Waals surface area contributed by atoms with E-state index in [9.17, 15) is 9.59 Å². The minimum Gasteiger partial charge on any atom is -0.496 e. The van der Waals surface area contributed by atoms with Crippen molar-refractivity contribution in [2.24, 2.45) is 0 Å². The number of nitrogens with one attached hydrogen (secondary N) is 1. The number of rotatable bonds is 5. The molecule has 1 aromatic carbocycles. The summed E-state index contributed by atoms with van der Waals surface area (Å²) in [5.41, 5.74) is 1.77. The Bertz CT molecular complexity index is 883. The highest BCUT2D eigenvalue weighted by atomic mass is 16.5. The van der Waals surface area contributed by atoms with Gasteiger partial charge in [0.2, 0.25) is 11.8 Å². The Morgan fingerprint density at radius 1 is 1.07 bits per heavy atom. The number of methoxy groups -OCH3 is 1. The molecule has 0 bridgehead atoms. The predicted octanol–water partition coefficient (Wildman–Crippen LogP) is 3.81. The lowest BCUT2D eigenvalue weighted by molar-refractivity contribution is -0.144. The van der Waals surface area contributed by atoms with Crippen molar-refractivity contribution in [2.45, 2.75) is 70.1 Å². The molecule has 160 valence electrons. The first-order valence-electron chi connectivity index (χ1n) is 11.0. The monoisotopic (exact) mass is 409 g/mol. The normalized spacial score (nSPS) is 20.2. The molecule has 0 unspecified atom stereocenters. The van der Waals surface area contributed by atoms with Crippen LogP contribution in [0.4, 0.5) is 0 Å². The summed E-state index contributed by atoms with van der Waals surface area (Å²) in [6.07, 6.45) is 9.96. The number of hydrogen-bond donors (Lipinski definition) is 1. The molecule has 1 aliphatic carbocycles. The minimum atomic E-state index is -0.628. The predicted molar refractivity (Wildman–Crippen MR) is 115 cm³/mol. The minimum absolute atomic E-state index is 0.0533. The third kappa shape index (κ3) is 4.37. The third-order valence-corrected chi connectivity index (χ3v) is 6.32. The largest absolute Gasteiger partial charge is 0.496 e. The molecule has 1 aromatic heterocycles. The Labute approximate surface area is 178 Å². The molecule has 0 spiro atoms. The smallest absolute Gasteiger partial charge is 0.249 e. The summed E-state index contributed by atoms with van der Waals surface area (Å²) in [5, 5.41) is 3.27. The number of hydrogen-bond acceptors (Lipinski definition) is 3. The van der Waals surface area contributed by atoms with E-state index < -0.39 is 6.04 Å². The number of carbonyl (C=O) groups excluding carboxylic acids is 2. The summed E-state index contributed by atoms with van der Waals surface area (Å²) in [4.78, 5) is 28.2. The summed E-state index contributed by atoms with van der Waals surface area (Å²) in [5.74, 6) is 0.594. The molecule has 1 N–H and O–H groups in total. The zero-order chi connectivity index (χ0) is 20.9. The highest BCUT2D eigenvalue weighted by molar-refractivity contribution is 5.90. The number of para-hydroxylation sites is 1. The molecule has 4 rings (SSSR count). The molecule has 1 atom stereocenters. The van der Waals surface area contributed by atoms with Crippen molar-refractivity contribution in [3.63, 3.8) is 0 Å². The lowest BCUT2D eigenvalue weighted by Gasteiger charge is -2.37. The van der Waals surface area contributed by atoms with Crippen LogP contribution in [0.15, 0.2) is 42.6 Å². The van der Waals surface area contributed by atoms with Gasteiger partial charge in [-0.05, 0) is 31.0 Å². The van der Waals surface area contributed by atoms with Crippen molar-refractivity contribution in [2.75, 3.05) is 7.11 Å². The van der Waals surface area contributed by atoms with Crippen LogP contribution in [0.3, 0.4) is 0 Å². The fourth-order valence-electron chi connectivity index (χ4n) is 4.71. The second-order valence-corrected chi connectivity index (χ2v) is 8.35. The van der Waals surface area contributed by atoms with Gasteiger partial charge in [0.25, 0.3) is 0 Å². The average Bonchev–Trinajstić information content (AvgIpc) is 3.18. The lowest BCUT2D eigenvalue weighted by atomic mass is 9.96. The molecular weight excluding hydrogens is 378 g/mol. The molecule has 2 heterocycles. The highest BCUT2D eigenvalue weighted by Gasteiger charge is 2.38. The van der Waals surface area contributed by atoms with Gasteiger partial charge in [-0.1, -0.05) is 50.3 Å². The number of amides is 2. The van der Waals surface area contributed by atoms with Crippen molar-refractivity contribution in [3.05, 3.63) is 53.9 Å². The summed E-state index contributed by atoms with van der Waals surface area (Å²) >= 11 is 0. The SMILES string of the molecule is COc1ccccc1CN1C(=O)Cn2cccc2[C@H]1C(=O)NC1CCCCCCC1. The van der Waals surface area contributed by atoms with Gasteiger partial charge in [0.15, 0.2) is 6.04 Å². The second-order valence-electron chi connectivity index (χ2n) is 8.35. The number of ether oxygens (including phenoxy) is 1. The van der Waals surface area contributed by atoms with Crippen molar-refractivity contribution in [1.29, 1.82) is 0 Å². The number of aromatic nitrogens is 1. The maximum Gasteiger partial charge on any atom is 0.249 e. The van der Waals surface area contributed by atoms with E-state index >= 15 is 0 Å². The van der Waals surface area contributed by atoms with Crippen LogP contribution in [0.5, 0.6) is 5.75 Å². The number of fused-ring (bicyclic) bond motifs is 1. The first-order chi connectivity index (χ1) is 14.7. The molecule has 30 heavy (non-hydrogen) atoms. The highest BCUT2D eigenvalue weighted by Crippen LogP contribution is 2.31. The number of carbonyl (C=O) groups is 2. The molecule has 2 amide bonds. The first-order valence-corrected chi connectivity index (χ1v) is 11.0. The third-order valence-electron chi connectivity index (χ3n) is 6.32. The van der Waals surface area contributed by atoms with Gasteiger partial charge in [0.1, 0.15) is 12.3 Å². The fraction of sp³-hybridized carbons (Fsp3) is 0.500. The van der Waals surface area contributed by atoms with Crippen LogP contribution < -0.4 is 10.1 Å². The van der Waals surface area contributed by atoms with Crippen molar-refractivity contribution in [1.82, 2.24) is 14.8 Å². The summed E-state index contributed by atoms with van der Waals surface area (Å²) in [6.45, 7) is 0.599. The number of benzene rings is 1. The van der Waals surface area contributed by atoms with Crippen molar-refractivity contribution >= 4 is 11.8 Å². The molecule has 6 nitrogen and oxygen atoms in total. The molecule has 0 saturated heterocycles. The Kier molecular flexibility index (Phi) is 6.41. The van der Waals surface area contributed by atoms with E-state index in [2.05, 4.69) is 5.32 Å². The van der Waals surface area contributed by atoms with Crippen LogP contribution in [0.2, 0.25) is 0 Å². The van der Waals surface area contributed by atoms with Crippen molar-refractivity contribution in [3.8, 4) is 5.75 Å². The van der Waals surface area contributed by atoms with Gasteiger partial charge in [0, 0.05) is 17.8 Å². The van der Waals surface area contributed by atoms with E-state index in [-0.39, 0.29) is 24.4 Å². The maximum absolute atomic E-state index is 13.5. The summed E-state index contributed by atoms with van der Waals surface area (Å²) in [6, 6.07) is 11.1. The van der Waals surface area contributed by atoms with Crippen LogP contribution in [-0.2, 0) is 22.7 Å². The van der Waals surface area contributed by atoms with E-state index in [1.54, 1.807) is 12.0 Å². The van der Waals surface area contributed by atoms with Gasteiger partial charge in [-0.25, -0.2) is 0 Å². The fourth-order valence-corrected chi connectivity index (χ4v) is 4.71. The van der Waals surface area contributed by atoms with Crippen molar-refractivity contribution < 1.29 is 14.3 Å². The van der Waals surface area contributed by atoms with Crippen LogP contribution in [0.25, 0.3) is 0 Å². The molecular formula is C24H31N3O3. The van der Waals surface area contributed by atoms with Gasteiger partial charge in [0.05, 0.1) is 19.3 Å². The molecule has 1 saturated carbocycles. The van der Waals surface area contributed by atoms with Gasteiger partial charge in [-0.2, -0.15) is 0 Å². The Hall–Kier alpha value is -2.76. The van der Waals surface area contributed by atoms with Crippen LogP contribution in [0, 0.1) is 0 Å². The molecule has 2 aromatic rings. The summed E-state index contributed by atoms with van der Waals surface area (Å²) < 4.78 is 7.37. The molecule has 1 aliphatic heterocycles. The lowest BCUT2D eigenvalue weighted by Crippen LogP contribution is -2.50. The van der Waals surface area contributed by atoms with Gasteiger partial charge >= 0.3 is 0 Å². The molecule has 0 radical (unpaired) electrons. The van der Waals surface area contributed by atoms with Crippen LogP contribution in [0.1, 0.15) is 62.2 Å². The standard InChI is InChI=1S/C24H31N3O3/c1-30-21-14-8-7-10-18(21)16-27-22(28)17-26-15-9-13-20(26)23(27)24(29)25-19-11-5-3-2-4-6-12-19/h7-10,13-15,19,23H,2-6,11-12,16-17H2,1H3,(H,25,29)/t23-/m0/s1. The van der Waals surface area contributed by atoms with Gasteiger partial charge < -0.3 is 19.5 Å². The van der Waals surface area contributed by atoms with E-state index in [1.807, 2.05) is 47.2 Å². The maximum atomic E-state index is 13.5. The molecule has 6 heteroatoms. The zero-order valence-corrected chi connectivity index (χ0v) is 17.7. The van der Waals surface area contributed by atoms with E-state index in [0.717, 1.165) is 42.7 Å². The second kappa shape index (κ2) is 9.37. The van der Waals surface area contributed by atoms with Gasteiger partial charge in [-0.15, -0.1) is 0 Å². The molecule has 1 fully saturated rings. The van der Waals surface area contributed by atoms with E-state index in [0.29, 0.717) is 6.54 Å². The topological polar surface area (TPSA) is 63.6 Å². The number of nitrogens with zero attached hydrogens (tertiary/aromatic N) is 2. The zero-order valence-electron chi connectivity index (χ0n) is 17.7. The van der Waals surface area contributed by atoms with Gasteiger partial charge in [-0.3, -0.25) is 9.59 Å². The molecule has 2 aliphatic rings. The quantitative estimate of drug-likeness (QED) is 0.817.